The van der Waals surface area contributed by atoms with E-state index in [0.717, 1.165) is 17.7 Å². The first-order chi connectivity index (χ1) is 13.4. The molecule has 0 unspecified atom stereocenters. The molecule has 1 saturated heterocycles. The van der Waals surface area contributed by atoms with E-state index in [1.807, 2.05) is 18.2 Å². The second kappa shape index (κ2) is 6.15. The molecular weight excluding hydrogens is 348 g/mol. The van der Waals surface area contributed by atoms with E-state index >= 15 is 0 Å². The summed E-state index contributed by atoms with van der Waals surface area (Å²) in [5.41, 5.74) is 6.18. The summed E-state index contributed by atoms with van der Waals surface area (Å²) < 4.78 is 6.33. The number of fused-ring (bicyclic) bond motifs is 2. The first kappa shape index (κ1) is 17.9. The van der Waals surface area contributed by atoms with Gasteiger partial charge in [0.05, 0.1) is 6.10 Å². The van der Waals surface area contributed by atoms with Gasteiger partial charge in [-0.25, -0.2) is 0 Å². The zero-order valence-electron chi connectivity index (χ0n) is 16.9. The maximum atomic E-state index is 12.9. The highest BCUT2D eigenvalue weighted by molar-refractivity contribution is 6.04. The summed E-state index contributed by atoms with van der Waals surface area (Å²) in [6.07, 6.45) is 13.1. The van der Waals surface area contributed by atoms with Crippen LogP contribution in [0.2, 0.25) is 0 Å². The number of carbonyl (C=O) groups excluding carboxylic acids is 1. The molecule has 2 fully saturated rings. The van der Waals surface area contributed by atoms with Crippen LogP contribution in [0.5, 0.6) is 0 Å². The lowest BCUT2D eigenvalue weighted by atomic mass is 9.64. The van der Waals surface area contributed by atoms with Crippen LogP contribution in [0, 0.1) is 11.3 Å². The molecule has 4 heteroatoms. The van der Waals surface area contributed by atoms with E-state index in [-0.39, 0.29) is 23.0 Å². The maximum Gasteiger partial charge on any atom is 0.251 e. The smallest absolute Gasteiger partial charge is 0.251 e. The van der Waals surface area contributed by atoms with E-state index in [0.29, 0.717) is 12.3 Å². The molecule has 28 heavy (non-hydrogen) atoms. The summed E-state index contributed by atoms with van der Waals surface area (Å²) in [5.74, 6) is 0.520. The number of allylic oxidation sites excluding steroid dienone is 3. The van der Waals surface area contributed by atoms with Crippen LogP contribution in [0.1, 0.15) is 52.9 Å². The summed E-state index contributed by atoms with van der Waals surface area (Å²) in [6.45, 7) is 7.04. The van der Waals surface area contributed by atoms with Gasteiger partial charge in [0.1, 0.15) is 5.60 Å². The fourth-order valence-electron chi connectivity index (χ4n) is 5.56. The van der Waals surface area contributed by atoms with Gasteiger partial charge >= 0.3 is 0 Å². The van der Waals surface area contributed by atoms with Gasteiger partial charge in [0, 0.05) is 30.1 Å². The molecular formula is C24H28N2O2. The fourth-order valence-corrected chi connectivity index (χ4v) is 5.56. The van der Waals surface area contributed by atoms with Gasteiger partial charge in [-0.05, 0) is 60.3 Å². The van der Waals surface area contributed by atoms with Crippen LogP contribution in [-0.2, 0) is 9.53 Å². The summed E-state index contributed by atoms with van der Waals surface area (Å²) in [4.78, 5) is 16.9. The fraction of sp³-hybridized carbons (Fsp3) is 0.500. The number of hydrogen-bond acceptors (Lipinski definition) is 3. The Labute approximate surface area is 166 Å². The second-order valence-electron chi connectivity index (χ2n) is 9.28. The van der Waals surface area contributed by atoms with Crippen molar-refractivity contribution >= 4 is 11.6 Å². The second-order valence-corrected chi connectivity index (χ2v) is 9.28. The van der Waals surface area contributed by atoms with Crippen molar-refractivity contribution < 1.29 is 9.53 Å². The third kappa shape index (κ3) is 2.61. The molecule has 2 heterocycles. The minimum Gasteiger partial charge on any atom is -0.361 e. The summed E-state index contributed by atoms with van der Waals surface area (Å²) in [6, 6.07) is 3.62. The molecule has 4 nitrogen and oxygen atoms in total. The number of amides is 1. The lowest BCUT2D eigenvalue weighted by Crippen LogP contribution is -2.34. The van der Waals surface area contributed by atoms with Crippen molar-refractivity contribution in [2.24, 2.45) is 11.3 Å². The van der Waals surface area contributed by atoms with E-state index in [1.54, 1.807) is 23.5 Å². The first-order valence-corrected chi connectivity index (χ1v) is 10.5. The van der Waals surface area contributed by atoms with Crippen molar-refractivity contribution in [3.8, 4) is 0 Å². The van der Waals surface area contributed by atoms with Crippen LogP contribution in [0.15, 0.2) is 59.0 Å². The van der Waals surface area contributed by atoms with E-state index < -0.39 is 0 Å². The van der Waals surface area contributed by atoms with E-state index in [4.69, 9.17) is 4.74 Å². The molecule has 3 aliphatic carbocycles. The highest BCUT2D eigenvalue weighted by Crippen LogP contribution is 2.65. The van der Waals surface area contributed by atoms with Crippen LogP contribution in [0.3, 0.4) is 0 Å². The molecule has 0 bridgehead atoms. The molecule has 3 atom stereocenters. The summed E-state index contributed by atoms with van der Waals surface area (Å²) in [7, 11) is 0. The molecule has 1 saturated carbocycles. The first-order valence-electron chi connectivity index (χ1n) is 10.5. The minimum atomic E-state index is -0.158. The lowest BCUT2D eigenvalue weighted by Gasteiger charge is -2.39. The van der Waals surface area contributed by atoms with Crippen LogP contribution in [0.25, 0.3) is 0 Å². The van der Waals surface area contributed by atoms with Crippen molar-refractivity contribution in [1.29, 1.82) is 0 Å². The van der Waals surface area contributed by atoms with Gasteiger partial charge < -0.3 is 10.1 Å². The molecule has 5 rings (SSSR count). The van der Waals surface area contributed by atoms with E-state index in [9.17, 15) is 4.79 Å². The Kier molecular flexibility index (Phi) is 3.92. The van der Waals surface area contributed by atoms with Crippen LogP contribution in [-0.4, -0.2) is 22.6 Å². The minimum absolute atomic E-state index is 0.0420. The third-order valence-corrected chi connectivity index (χ3v) is 7.24. The van der Waals surface area contributed by atoms with Gasteiger partial charge in [0.25, 0.3) is 5.91 Å². The molecule has 4 aliphatic rings. The van der Waals surface area contributed by atoms with Crippen molar-refractivity contribution in [3.05, 3.63) is 59.0 Å². The summed E-state index contributed by atoms with van der Waals surface area (Å²) in [5, 5.41) is 2.99. The van der Waals surface area contributed by atoms with Gasteiger partial charge in [0.15, 0.2) is 0 Å². The van der Waals surface area contributed by atoms with E-state index in [1.165, 1.54) is 24.8 Å². The van der Waals surface area contributed by atoms with Gasteiger partial charge in [-0.2, -0.15) is 0 Å². The predicted molar refractivity (Wildman–Crippen MR) is 110 cm³/mol. The number of nitrogens with zero attached hydrogens (tertiary/aromatic N) is 1. The topological polar surface area (TPSA) is 54.5 Å². The Bertz CT molecular complexity index is 927. The predicted octanol–water partition coefficient (Wildman–Crippen LogP) is 4.96. The SMILES string of the molecule is CC(C)C1=C2C3=CC=C(C(=O)Nc4ccncc4)C[C@@H]4O[C@@]34CC[C@@]2(C)CC1. The monoisotopic (exact) mass is 376 g/mol. The lowest BCUT2D eigenvalue weighted by molar-refractivity contribution is -0.113. The number of ether oxygens (including phenoxy) is 1. The third-order valence-electron chi connectivity index (χ3n) is 7.24. The quantitative estimate of drug-likeness (QED) is 0.759. The largest absolute Gasteiger partial charge is 0.361 e. The standard InChI is InChI=1S/C24H28N2O2/c1-15(2)18-6-9-23(3)10-11-24-19(21(18)23)5-4-16(14-20(24)28-24)22(27)26-17-7-12-25-13-8-17/h4-5,7-8,12-13,15,20H,6,9-11,14H2,1-3H3,(H,25,26,27)/t20-,23+,24-/m0/s1. The Morgan fingerprint density at radius 2 is 2.00 bits per heavy atom. The number of hydrogen-bond donors (Lipinski definition) is 1. The van der Waals surface area contributed by atoms with Crippen molar-refractivity contribution in [3.63, 3.8) is 0 Å². The van der Waals surface area contributed by atoms with Crippen molar-refractivity contribution in [2.45, 2.75) is 64.6 Å². The average molecular weight is 377 g/mol. The van der Waals surface area contributed by atoms with Crippen LogP contribution < -0.4 is 5.32 Å². The molecule has 1 amide bonds. The molecule has 0 radical (unpaired) electrons. The Morgan fingerprint density at radius 3 is 2.75 bits per heavy atom. The molecule has 1 aromatic rings. The molecule has 1 aliphatic heterocycles. The molecule has 0 aromatic carbocycles. The van der Waals surface area contributed by atoms with Gasteiger partial charge in [-0.3, -0.25) is 9.78 Å². The highest BCUT2D eigenvalue weighted by Gasteiger charge is 2.64. The van der Waals surface area contributed by atoms with Crippen molar-refractivity contribution in [2.75, 3.05) is 5.32 Å². The van der Waals surface area contributed by atoms with Gasteiger partial charge in [0.2, 0.25) is 0 Å². The van der Waals surface area contributed by atoms with Crippen molar-refractivity contribution in [1.82, 2.24) is 4.98 Å². The number of pyridine rings is 1. The van der Waals surface area contributed by atoms with Gasteiger partial charge in [-0.15, -0.1) is 0 Å². The molecule has 1 aromatic heterocycles. The molecule has 1 N–H and O–H groups in total. The highest BCUT2D eigenvalue weighted by atomic mass is 16.6. The van der Waals surface area contributed by atoms with Crippen LogP contribution >= 0.6 is 0 Å². The Hall–Kier alpha value is -2.20. The molecule has 146 valence electrons. The number of anilines is 1. The van der Waals surface area contributed by atoms with E-state index in [2.05, 4.69) is 37.1 Å². The number of rotatable bonds is 3. The number of epoxide rings is 1. The Balaban J connectivity index is 1.50. The average Bonchev–Trinajstić information content (AvgIpc) is 3.27. The zero-order chi connectivity index (χ0) is 19.5. The number of carbonyl (C=O) groups is 1. The number of nitrogens with one attached hydrogen (secondary N) is 1. The molecule has 1 spiro atoms. The zero-order valence-corrected chi connectivity index (χ0v) is 16.9. The van der Waals surface area contributed by atoms with Gasteiger partial charge in [-0.1, -0.05) is 38.5 Å². The maximum absolute atomic E-state index is 12.9. The van der Waals surface area contributed by atoms with Crippen LogP contribution in [0.4, 0.5) is 5.69 Å². The Morgan fingerprint density at radius 1 is 1.21 bits per heavy atom. The normalized spacial score (nSPS) is 33.4. The number of aromatic nitrogens is 1. The summed E-state index contributed by atoms with van der Waals surface area (Å²) >= 11 is 0.